The Kier molecular flexibility index (Phi) is 6.05. The number of rotatable bonds is 6. The smallest absolute Gasteiger partial charge is 0.417 e. The van der Waals surface area contributed by atoms with Gasteiger partial charge in [0.1, 0.15) is 17.6 Å². The van der Waals surface area contributed by atoms with Gasteiger partial charge in [0, 0.05) is 30.0 Å². The van der Waals surface area contributed by atoms with Crippen LogP contribution in [0, 0.1) is 6.92 Å². The average Bonchev–Trinajstić information content (AvgIpc) is 3.62. The number of hydrogen-bond acceptors (Lipinski definition) is 6. The van der Waals surface area contributed by atoms with Crippen molar-refractivity contribution in [2.45, 2.75) is 44.4 Å². The molecule has 0 saturated heterocycles. The number of carbonyl (C=O) groups is 1. The normalized spacial score (nSPS) is 17.9. The zero-order chi connectivity index (χ0) is 27.3. The summed E-state index contributed by atoms with van der Waals surface area (Å²) >= 11 is 0. The third kappa shape index (κ3) is 4.71. The van der Waals surface area contributed by atoms with Crippen LogP contribution in [0.4, 0.5) is 13.2 Å². The van der Waals surface area contributed by atoms with Gasteiger partial charge in [-0.2, -0.15) is 13.2 Å². The van der Waals surface area contributed by atoms with Crippen molar-refractivity contribution in [2.75, 3.05) is 6.61 Å². The van der Waals surface area contributed by atoms with Crippen molar-refractivity contribution >= 4 is 5.97 Å². The average molecular weight is 537 g/mol. The second-order valence-corrected chi connectivity index (χ2v) is 9.71. The van der Waals surface area contributed by atoms with Gasteiger partial charge in [-0.15, -0.1) is 10.2 Å². The van der Waals surface area contributed by atoms with E-state index < -0.39 is 23.8 Å². The van der Waals surface area contributed by atoms with Gasteiger partial charge in [0.2, 0.25) is 11.8 Å². The van der Waals surface area contributed by atoms with Gasteiger partial charge >= 0.3 is 12.1 Å². The Morgan fingerprint density at radius 3 is 2.49 bits per heavy atom. The van der Waals surface area contributed by atoms with Crippen molar-refractivity contribution in [3.05, 3.63) is 82.7 Å². The Morgan fingerprint density at radius 2 is 1.79 bits per heavy atom. The molecule has 2 heterocycles. The molecule has 2 aliphatic rings. The number of carboxylic acids is 1. The molecule has 1 aliphatic carbocycles. The fraction of sp³-hybridized carbons (Fsp3) is 0.276. The van der Waals surface area contributed by atoms with Crippen molar-refractivity contribution in [3.63, 3.8) is 0 Å². The molecule has 1 N–H and O–H groups in total. The zero-order valence-electron chi connectivity index (χ0n) is 20.8. The number of aryl methyl sites for hydroxylation is 1. The van der Waals surface area contributed by atoms with E-state index in [-0.39, 0.29) is 24.5 Å². The van der Waals surface area contributed by atoms with Crippen molar-refractivity contribution in [1.29, 1.82) is 0 Å². The molecule has 10 heteroatoms. The van der Waals surface area contributed by atoms with E-state index in [0.717, 1.165) is 11.6 Å². The molecule has 7 nitrogen and oxygen atoms in total. The number of hydrogen-bond donors (Lipinski definition) is 1. The molecule has 3 aromatic carbocycles. The lowest BCUT2D eigenvalue weighted by Crippen LogP contribution is -2.10. The highest BCUT2D eigenvalue weighted by atomic mass is 19.4. The maximum Gasteiger partial charge on any atom is 0.417 e. The lowest BCUT2D eigenvalue weighted by atomic mass is 9.91. The molecule has 0 radical (unpaired) electrons. The van der Waals surface area contributed by atoms with Crippen LogP contribution in [-0.4, -0.2) is 27.9 Å². The van der Waals surface area contributed by atoms with E-state index in [1.54, 1.807) is 49.4 Å². The monoisotopic (exact) mass is 536 g/mol. The summed E-state index contributed by atoms with van der Waals surface area (Å²) in [5.74, 6) is 0.666. The van der Waals surface area contributed by atoms with Gasteiger partial charge in [0.15, 0.2) is 0 Å². The zero-order valence-corrected chi connectivity index (χ0v) is 20.8. The Labute approximate surface area is 221 Å². The van der Waals surface area contributed by atoms with E-state index in [1.165, 1.54) is 6.07 Å². The first-order valence-electron chi connectivity index (χ1n) is 12.5. The summed E-state index contributed by atoms with van der Waals surface area (Å²) in [4.78, 5) is 11.1. The standard InChI is InChI=1S/C29H23F3N2O5/c1-15-33-34-28(38-15)17-4-2-16(3-5-17)27-22-9-11-24(21(22)8-10-23(27)29(30,31)32)39-19-6-7-20-18(12-26(35)36)14-37-25(20)13-19/h2-8,10,13,18,24H,9,11-12,14H2,1H3,(H,35,36)/t18?,24-/m1/s1. The number of benzene rings is 3. The van der Waals surface area contributed by atoms with Crippen LogP contribution < -0.4 is 9.47 Å². The molecule has 200 valence electrons. The molecule has 2 atom stereocenters. The van der Waals surface area contributed by atoms with Crippen LogP contribution in [0.1, 0.15) is 53.0 Å². The summed E-state index contributed by atoms with van der Waals surface area (Å²) in [7, 11) is 0. The Hall–Kier alpha value is -4.34. The highest BCUT2D eigenvalue weighted by Gasteiger charge is 2.38. The van der Waals surface area contributed by atoms with Gasteiger partial charge in [-0.25, -0.2) is 0 Å². The number of aromatic nitrogens is 2. The molecule has 0 amide bonds. The molecule has 39 heavy (non-hydrogen) atoms. The predicted molar refractivity (Wildman–Crippen MR) is 134 cm³/mol. The number of ether oxygens (including phenoxy) is 2. The molecule has 1 unspecified atom stereocenters. The topological polar surface area (TPSA) is 94.7 Å². The predicted octanol–water partition coefficient (Wildman–Crippen LogP) is 6.75. The third-order valence-electron chi connectivity index (χ3n) is 7.17. The largest absolute Gasteiger partial charge is 0.492 e. The maximum atomic E-state index is 14.1. The summed E-state index contributed by atoms with van der Waals surface area (Å²) in [6, 6.07) is 14.5. The van der Waals surface area contributed by atoms with Crippen LogP contribution in [0.25, 0.3) is 22.6 Å². The van der Waals surface area contributed by atoms with E-state index in [9.17, 15) is 18.0 Å². The highest BCUT2D eigenvalue weighted by molar-refractivity contribution is 5.76. The Morgan fingerprint density at radius 1 is 1.05 bits per heavy atom. The molecule has 1 aromatic heterocycles. The van der Waals surface area contributed by atoms with Crippen LogP contribution in [0.5, 0.6) is 11.5 Å². The summed E-state index contributed by atoms with van der Waals surface area (Å²) in [5, 5.41) is 16.9. The van der Waals surface area contributed by atoms with Crippen molar-refractivity contribution < 1.29 is 37.0 Å². The first-order valence-corrected chi connectivity index (χ1v) is 12.5. The van der Waals surface area contributed by atoms with Gasteiger partial charge < -0.3 is 19.0 Å². The number of carboxylic acid groups (broad SMARTS) is 1. The second kappa shape index (κ2) is 9.44. The van der Waals surface area contributed by atoms with Gasteiger partial charge in [-0.05, 0) is 59.4 Å². The van der Waals surface area contributed by atoms with E-state index in [0.29, 0.717) is 58.4 Å². The first kappa shape index (κ1) is 25.0. The third-order valence-corrected chi connectivity index (χ3v) is 7.17. The van der Waals surface area contributed by atoms with E-state index >= 15 is 0 Å². The fourth-order valence-corrected chi connectivity index (χ4v) is 5.42. The fourth-order valence-electron chi connectivity index (χ4n) is 5.42. The number of fused-ring (bicyclic) bond motifs is 2. The number of aliphatic carboxylic acids is 1. The van der Waals surface area contributed by atoms with Crippen LogP contribution in [0.2, 0.25) is 0 Å². The molecule has 1 aliphatic heterocycles. The molecule has 0 saturated carbocycles. The van der Waals surface area contributed by atoms with E-state index in [1.807, 2.05) is 0 Å². The second-order valence-electron chi connectivity index (χ2n) is 9.71. The number of nitrogens with zero attached hydrogens (tertiary/aromatic N) is 2. The molecule has 0 fully saturated rings. The van der Waals surface area contributed by atoms with Crippen LogP contribution in [0.3, 0.4) is 0 Å². The minimum atomic E-state index is -4.53. The minimum Gasteiger partial charge on any atom is -0.492 e. The van der Waals surface area contributed by atoms with Crippen molar-refractivity contribution in [1.82, 2.24) is 10.2 Å². The molecule has 6 rings (SSSR count). The van der Waals surface area contributed by atoms with Gasteiger partial charge in [0.05, 0.1) is 18.6 Å². The van der Waals surface area contributed by atoms with Crippen LogP contribution in [-0.2, 0) is 17.4 Å². The SMILES string of the molecule is Cc1nnc(-c2ccc(-c3c(C(F)(F)F)ccc4c3CC[C@H]4Oc3ccc4c(c3)OCC4CC(=O)O)cc2)o1. The first-order chi connectivity index (χ1) is 18.7. The Bertz CT molecular complexity index is 1560. The summed E-state index contributed by atoms with van der Waals surface area (Å²) in [6.45, 7) is 1.95. The van der Waals surface area contributed by atoms with Gasteiger partial charge in [-0.1, -0.05) is 24.3 Å². The molecule has 4 aromatic rings. The quantitative estimate of drug-likeness (QED) is 0.291. The van der Waals surface area contributed by atoms with Crippen molar-refractivity contribution in [2.24, 2.45) is 0 Å². The lowest BCUT2D eigenvalue weighted by Gasteiger charge is -2.20. The molecular weight excluding hydrogens is 513 g/mol. The summed E-state index contributed by atoms with van der Waals surface area (Å²) in [5.41, 5.74) is 2.64. The molecular formula is C29H23F3N2O5. The van der Waals surface area contributed by atoms with Gasteiger partial charge in [-0.3, -0.25) is 4.79 Å². The minimum absolute atomic E-state index is 0.0247. The highest BCUT2D eigenvalue weighted by Crippen LogP contribution is 2.47. The van der Waals surface area contributed by atoms with Crippen molar-refractivity contribution in [3.8, 4) is 34.1 Å². The lowest BCUT2D eigenvalue weighted by molar-refractivity contribution is -0.138. The van der Waals surface area contributed by atoms with Crippen LogP contribution in [0.15, 0.2) is 59.0 Å². The molecule has 0 spiro atoms. The summed E-state index contributed by atoms with van der Waals surface area (Å²) < 4.78 is 59.7. The molecule has 0 bridgehead atoms. The number of alkyl halides is 3. The maximum absolute atomic E-state index is 14.1. The van der Waals surface area contributed by atoms with Crippen LogP contribution >= 0.6 is 0 Å². The summed E-state index contributed by atoms with van der Waals surface area (Å²) in [6.07, 6.45) is -4.05. The van der Waals surface area contributed by atoms with Gasteiger partial charge in [0.25, 0.3) is 0 Å². The van der Waals surface area contributed by atoms with E-state index in [2.05, 4.69) is 10.2 Å². The van der Waals surface area contributed by atoms with E-state index in [4.69, 9.17) is 19.0 Å². The number of halogens is 3. The Balaban J connectivity index is 1.32.